The van der Waals surface area contributed by atoms with Crippen molar-refractivity contribution < 1.29 is 8.78 Å². The van der Waals surface area contributed by atoms with E-state index in [4.69, 9.17) is 5.73 Å². The van der Waals surface area contributed by atoms with Crippen molar-refractivity contribution in [2.45, 2.75) is 6.92 Å². The fraction of sp³-hybridized carbons (Fsp3) is 0.0769. The Labute approximate surface area is 107 Å². The van der Waals surface area contributed by atoms with Gasteiger partial charge in [-0.1, -0.05) is 6.07 Å². The Hall–Kier alpha value is -2.50. The first-order valence-electron chi connectivity index (χ1n) is 5.46. The molecule has 0 bridgehead atoms. The lowest BCUT2D eigenvalue weighted by molar-refractivity contribution is 0.579. The van der Waals surface area contributed by atoms with E-state index in [2.05, 4.69) is 5.10 Å². The van der Waals surface area contributed by atoms with Crippen LogP contribution in [0.25, 0.3) is 0 Å². The van der Waals surface area contributed by atoms with Crippen LogP contribution in [-0.4, -0.2) is 10.9 Å². The molecule has 4 nitrogen and oxygen atoms in total. The first-order valence-corrected chi connectivity index (χ1v) is 5.46. The maximum Gasteiger partial charge on any atom is 0.273 e. The number of pyridine rings is 1. The van der Waals surface area contributed by atoms with Gasteiger partial charge in [0.2, 0.25) is 0 Å². The number of hydrogen-bond acceptors (Lipinski definition) is 3. The summed E-state index contributed by atoms with van der Waals surface area (Å²) in [5.41, 5.74) is 5.52. The summed E-state index contributed by atoms with van der Waals surface area (Å²) in [5.74, 6) is -1.43. The van der Waals surface area contributed by atoms with Crippen molar-refractivity contribution in [3.8, 4) is 0 Å². The number of rotatable bonds is 2. The van der Waals surface area contributed by atoms with Crippen LogP contribution >= 0.6 is 0 Å². The second-order valence-electron chi connectivity index (χ2n) is 3.99. The van der Waals surface area contributed by atoms with Crippen LogP contribution in [0.15, 0.2) is 40.2 Å². The minimum atomic E-state index is -0.762. The summed E-state index contributed by atoms with van der Waals surface area (Å²) in [6, 6.07) is 6.31. The van der Waals surface area contributed by atoms with Gasteiger partial charge in [-0.3, -0.25) is 4.79 Å². The highest BCUT2D eigenvalue weighted by atomic mass is 19.1. The van der Waals surface area contributed by atoms with E-state index in [0.29, 0.717) is 5.56 Å². The largest absolute Gasteiger partial charge is 0.384 e. The highest BCUT2D eigenvalue weighted by Gasteiger charge is 2.06. The molecule has 0 spiro atoms. The number of nitrogens with two attached hydrogens (primary N) is 1. The Morgan fingerprint density at radius 1 is 1.26 bits per heavy atom. The summed E-state index contributed by atoms with van der Waals surface area (Å²) < 4.78 is 27.6. The molecule has 0 fully saturated rings. The molecule has 0 radical (unpaired) electrons. The lowest BCUT2D eigenvalue weighted by atomic mass is 10.2. The van der Waals surface area contributed by atoms with E-state index < -0.39 is 17.2 Å². The molecule has 0 aliphatic carbocycles. The van der Waals surface area contributed by atoms with Crippen molar-refractivity contribution in [1.29, 1.82) is 0 Å². The Balaban J connectivity index is 2.47. The minimum Gasteiger partial charge on any atom is -0.384 e. The Morgan fingerprint density at radius 3 is 2.47 bits per heavy atom. The number of benzene rings is 1. The molecule has 0 saturated carbocycles. The third kappa shape index (κ3) is 2.67. The van der Waals surface area contributed by atoms with E-state index in [9.17, 15) is 13.6 Å². The second-order valence-corrected chi connectivity index (χ2v) is 3.99. The predicted molar refractivity (Wildman–Crippen MR) is 69.2 cm³/mol. The number of aryl methyl sites for hydroxylation is 1. The van der Waals surface area contributed by atoms with Crippen molar-refractivity contribution in [3.05, 3.63) is 63.4 Å². The lowest BCUT2D eigenvalue weighted by Gasteiger charge is -2.04. The van der Waals surface area contributed by atoms with E-state index in [1.807, 2.05) is 0 Å². The predicted octanol–water partition coefficient (Wildman–Crippen LogP) is 1.90. The standard InChI is InChI=1S/C13H11F2N3O/c1-8-5-12(16)18(13(19)6-8)17-7-9-10(14)3-2-4-11(9)15/h2-7H,16H2,1H3. The maximum absolute atomic E-state index is 13.4. The zero-order valence-electron chi connectivity index (χ0n) is 10.1. The van der Waals surface area contributed by atoms with Gasteiger partial charge in [0.25, 0.3) is 5.56 Å². The normalized spacial score (nSPS) is 11.1. The van der Waals surface area contributed by atoms with E-state index in [1.165, 1.54) is 18.2 Å². The molecule has 2 N–H and O–H groups in total. The molecule has 0 aliphatic heterocycles. The molecule has 0 aliphatic rings. The van der Waals surface area contributed by atoms with E-state index in [-0.39, 0.29) is 11.4 Å². The molecule has 1 aromatic carbocycles. The van der Waals surface area contributed by atoms with E-state index in [1.54, 1.807) is 6.92 Å². The zero-order chi connectivity index (χ0) is 14.0. The molecule has 1 aromatic heterocycles. The highest BCUT2D eigenvalue weighted by Crippen LogP contribution is 2.10. The summed E-state index contributed by atoms with van der Waals surface area (Å²) in [6.07, 6.45) is 0.928. The quantitative estimate of drug-likeness (QED) is 0.841. The molecule has 2 rings (SSSR count). The molecule has 6 heteroatoms. The molecule has 1 heterocycles. The molecule has 0 atom stereocenters. The van der Waals surface area contributed by atoms with Gasteiger partial charge in [-0.2, -0.15) is 9.78 Å². The summed E-state index contributed by atoms with van der Waals surface area (Å²) in [6.45, 7) is 1.71. The maximum atomic E-state index is 13.4. The van der Waals surface area contributed by atoms with Gasteiger partial charge < -0.3 is 5.73 Å². The fourth-order valence-corrected chi connectivity index (χ4v) is 1.59. The Kier molecular flexibility index (Phi) is 3.41. The smallest absolute Gasteiger partial charge is 0.273 e. The van der Waals surface area contributed by atoms with Crippen LogP contribution in [0.3, 0.4) is 0 Å². The first-order chi connectivity index (χ1) is 8.99. The van der Waals surface area contributed by atoms with Crippen molar-refractivity contribution in [2.24, 2.45) is 5.10 Å². The van der Waals surface area contributed by atoms with Gasteiger partial charge in [-0.25, -0.2) is 8.78 Å². The summed E-state index contributed by atoms with van der Waals surface area (Å²) in [7, 11) is 0. The van der Waals surface area contributed by atoms with Gasteiger partial charge in [-0.05, 0) is 30.7 Å². The number of halogens is 2. The van der Waals surface area contributed by atoms with Crippen LogP contribution < -0.4 is 11.3 Å². The van der Waals surface area contributed by atoms with Gasteiger partial charge in [0.05, 0.1) is 11.8 Å². The van der Waals surface area contributed by atoms with Crippen LogP contribution in [0.4, 0.5) is 14.6 Å². The van der Waals surface area contributed by atoms with Crippen molar-refractivity contribution >= 4 is 12.0 Å². The van der Waals surface area contributed by atoms with Crippen LogP contribution in [0.2, 0.25) is 0 Å². The Bertz CT molecular complexity index is 687. The average Bonchev–Trinajstić information content (AvgIpc) is 2.31. The van der Waals surface area contributed by atoms with Crippen LogP contribution in [-0.2, 0) is 0 Å². The van der Waals surface area contributed by atoms with Crippen molar-refractivity contribution in [2.75, 3.05) is 5.73 Å². The second kappa shape index (κ2) is 5.01. The molecule has 2 aromatic rings. The number of hydrogen-bond donors (Lipinski definition) is 1. The molecule has 0 amide bonds. The molecular formula is C13H11F2N3O. The van der Waals surface area contributed by atoms with Gasteiger partial charge in [0.15, 0.2) is 0 Å². The van der Waals surface area contributed by atoms with E-state index in [0.717, 1.165) is 23.0 Å². The number of nitrogens with zero attached hydrogens (tertiary/aromatic N) is 2. The van der Waals surface area contributed by atoms with Crippen molar-refractivity contribution in [1.82, 2.24) is 4.68 Å². The molecular weight excluding hydrogens is 252 g/mol. The topological polar surface area (TPSA) is 60.4 Å². The fourth-order valence-electron chi connectivity index (χ4n) is 1.59. The van der Waals surface area contributed by atoms with Crippen LogP contribution in [0, 0.1) is 18.6 Å². The van der Waals surface area contributed by atoms with Gasteiger partial charge in [0.1, 0.15) is 17.5 Å². The lowest BCUT2D eigenvalue weighted by Crippen LogP contribution is -2.19. The Morgan fingerprint density at radius 2 is 1.89 bits per heavy atom. The summed E-state index contributed by atoms with van der Waals surface area (Å²) >= 11 is 0. The molecule has 19 heavy (non-hydrogen) atoms. The van der Waals surface area contributed by atoms with Gasteiger partial charge >= 0.3 is 0 Å². The van der Waals surface area contributed by atoms with Gasteiger partial charge in [0, 0.05) is 6.07 Å². The van der Waals surface area contributed by atoms with Crippen LogP contribution in [0.1, 0.15) is 11.1 Å². The monoisotopic (exact) mass is 263 g/mol. The summed E-state index contributed by atoms with van der Waals surface area (Å²) in [4.78, 5) is 11.6. The molecule has 0 unspecified atom stereocenters. The van der Waals surface area contributed by atoms with Crippen molar-refractivity contribution in [3.63, 3.8) is 0 Å². The third-order valence-electron chi connectivity index (χ3n) is 2.48. The number of aromatic nitrogens is 1. The third-order valence-corrected chi connectivity index (χ3v) is 2.48. The number of anilines is 1. The minimum absolute atomic E-state index is 0.0954. The first kappa shape index (κ1) is 12.9. The van der Waals surface area contributed by atoms with Crippen LogP contribution in [0.5, 0.6) is 0 Å². The number of nitrogen functional groups attached to an aromatic ring is 1. The highest BCUT2D eigenvalue weighted by molar-refractivity contribution is 5.80. The van der Waals surface area contributed by atoms with E-state index >= 15 is 0 Å². The summed E-state index contributed by atoms with van der Waals surface area (Å²) in [5, 5.41) is 3.71. The average molecular weight is 263 g/mol. The SMILES string of the molecule is Cc1cc(N)n(N=Cc2c(F)cccc2F)c(=O)c1. The molecule has 98 valence electrons. The molecule has 0 saturated heterocycles. The van der Waals surface area contributed by atoms with Gasteiger partial charge in [-0.15, -0.1) is 0 Å². The zero-order valence-corrected chi connectivity index (χ0v) is 10.1.